The average molecular weight is 343 g/mol. The monoisotopic (exact) mass is 343 g/mol. The van der Waals surface area contributed by atoms with Crippen LogP contribution in [0.2, 0.25) is 0 Å². The van der Waals surface area contributed by atoms with Crippen LogP contribution in [0.25, 0.3) is 11.6 Å². The fourth-order valence-electron chi connectivity index (χ4n) is 2.89. The molecular weight excluding hydrogens is 326 g/mol. The Balaban J connectivity index is 1.39. The van der Waals surface area contributed by atoms with E-state index in [1.165, 1.54) is 0 Å². The normalized spacial score (nSPS) is 12.5. The molecule has 0 atom stereocenters. The van der Waals surface area contributed by atoms with Crippen LogP contribution in [-0.4, -0.2) is 24.0 Å². The Labute approximate surface area is 151 Å². The molecule has 0 amide bonds. The highest BCUT2D eigenvalue weighted by atomic mass is 16.5. The zero-order valence-electron chi connectivity index (χ0n) is 14.1. The summed E-state index contributed by atoms with van der Waals surface area (Å²) in [6.45, 7) is 0.846. The van der Waals surface area contributed by atoms with Crippen molar-refractivity contribution in [3.05, 3.63) is 89.7 Å². The number of para-hydroxylation sites is 1. The van der Waals surface area contributed by atoms with Crippen LogP contribution in [0.4, 0.5) is 0 Å². The fourth-order valence-corrected chi connectivity index (χ4v) is 2.89. The molecule has 4 nitrogen and oxygen atoms in total. The number of pyridine rings is 1. The number of hydrogen-bond donors (Lipinski definition) is 0. The van der Waals surface area contributed by atoms with Gasteiger partial charge in [-0.3, -0.25) is 9.78 Å². The second-order valence-corrected chi connectivity index (χ2v) is 5.89. The number of hydrogen-bond acceptors (Lipinski definition) is 4. The van der Waals surface area contributed by atoms with Crippen LogP contribution in [0.5, 0.6) is 11.5 Å². The van der Waals surface area contributed by atoms with Crippen LogP contribution in [0, 0.1) is 0 Å². The highest BCUT2D eigenvalue weighted by molar-refractivity contribution is 6.37. The first-order valence-corrected chi connectivity index (χ1v) is 8.43. The van der Waals surface area contributed by atoms with Gasteiger partial charge in [0.25, 0.3) is 0 Å². The van der Waals surface area contributed by atoms with E-state index in [-0.39, 0.29) is 5.78 Å². The Morgan fingerprint density at radius 1 is 0.846 bits per heavy atom. The summed E-state index contributed by atoms with van der Waals surface area (Å²) in [6.07, 6.45) is 5.30. The molecular formula is C22H17NO3. The van der Waals surface area contributed by atoms with Gasteiger partial charge in [-0.25, -0.2) is 0 Å². The maximum atomic E-state index is 12.7. The molecule has 26 heavy (non-hydrogen) atoms. The number of carbonyl (C=O) groups is 1. The van der Waals surface area contributed by atoms with Crippen molar-refractivity contribution in [2.24, 2.45) is 0 Å². The number of benzene rings is 2. The summed E-state index contributed by atoms with van der Waals surface area (Å²) in [6, 6.07) is 18.9. The van der Waals surface area contributed by atoms with E-state index in [2.05, 4.69) is 4.98 Å². The SMILES string of the molecule is O=C1C(c2cccnc2)=Cc2ccc(OCCOc3ccccc3)cc21. The number of rotatable bonds is 6. The summed E-state index contributed by atoms with van der Waals surface area (Å²) < 4.78 is 11.3. The molecule has 0 radical (unpaired) electrons. The van der Waals surface area contributed by atoms with Crippen molar-refractivity contribution in [2.45, 2.75) is 0 Å². The number of nitrogens with zero attached hydrogens (tertiary/aromatic N) is 1. The Hall–Kier alpha value is -3.40. The van der Waals surface area contributed by atoms with Crippen molar-refractivity contribution in [2.75, 3.05) is 13.2 Å². The van der Waals surface area contributed by atoms with Gasteiger partial charge >= 0.3 is 0 Å². The van der Waals surface area contributed by atoms with Gasteiger partial charge in [-0.2, -0.15) is 0 Å². The van der Waals surface area contributed by atoms with Crippen molar-refractivity contribution in [3.8, 4) is 11.5 Å². The number of aromatic nitrogens is 1. The van der Waals surface area contributed by atoms with Gasteiger partial charge in [-0.15, -0.1) is 0 Å². The lowest BCUT2D eigenvalue weighted by molar-refractivity contribution is 0.105. The number of ether oxygens (including phenoxy) is 2. The maximum absolute atomic E-state index is 12.7. The van der Waals surface area contributed by atoms with Gasteiger partial charge < -0.3 is 9.47 Å². The highest BCUT2D eigenvalue weighted by Gasteiger charge is 2.24. The van der Waals surface area contributed by atoms with E-state index in [9.17, 15) is 4.79 Å². The smallest absolute Gasteiger partial charge is 0.194 e. The third-order valence-electron chi connectivity index (χ3n) is 4.15. The Kier molecular flexibility index (Phi) is 4.48. The summed E-state index contributed by atoms with van der Waals surface area (Å²) in [4.78, 5) is 16.8. The van der Waals surface area contributed by atoms with Crippen molar-refractivity contribution in [1.82, 2.24) is 4.98 Å². The molecule has 1 aliphatic rings. The van der Waals surface area contributed by atoms with Gasteiger partial charge in [0.2, 0.25) is 0 Å². The molecule has 2 aromatic carbocycles. The van der Waals surface area contributed by atoms with Crippen LogP contribution in [0.1, 0.15) is 21.5 Å². The quantitative estimate of drug-likeness (QED) is 0.627. The molecule has 0 spiro atoms. The van der Waals surface area contributed by atoms with Crippen LogP contribution in [0.15, 0.2) is 73.1 Å². The Morgan fingerprint density at radius 3 is 2.42 bits per heavy atom. The molecule has 0 aliphatic heterocycles. The average Bonchev–Trinajstić information content (AvgIpc) is 3.03. The third-order valence-corrected chi connectivity index (χ3v) is 4.15. The van der Waals surface area contributed by atoms with Gasteiger partial charge in [0, 0.05) is 29.1 Å². The molecule has 1 aliphatic carbocycles. The largest absolute Gasteiger partial charge is 0.490 e. The standard InChI is InChI=1S/C22H17NO3/c24-22-20(17-5-4-10-23-15-17)13-16-8-9-19(14-21(16)22)26-12-11-25-18-6-2-1-3-7-18/h1-10,13-15H,11-12H2. The molecule has 0 saturated heterocycles. The summed E-state index contributed by atoms with van der Waals surface area (Å²) in [5.74, 6) is 1.47. The minimum atomic E-state index is -0.000939. The second kappa shape index (κ2) is 7.23. The van der Waals surface area contributed by atoms with E-state index in [1.54, 1.807) is 18.5 Å². The van der Waals surface area contributed by atoms with Gasteiger partial charge in [0.15, 0.2) is 5.78 Å². The lowest BCUT2D eigenvalue weighted by Crippen LogP contribution is -2.09. The molecule has 1 aromatic heterocycles. The lowest BCUT2D eigenvalue weighted by Gasteiger charge is -2.09. The second-order valence-electron chi connectivity index (χ2n) is 5.89. The van der Waals surface area contributed by atoms with Crippen LogP contribution < -0.4 is 9.47 Å². The molecule has 1 heterocycles. The number of allylic oxidation sites excluding steroid dienone is 1. The zero-order valence-corrected chi connectivity index (χ0v) is 14.1. The number of carbonyl (C=O) groups excluding carboxylic acids is 1. The van der Waals surface area contributed by atoms with Crippen molar-refractivity contribution >= 4 is 17.4 Å². The number of ketones is 1. The van der Waals surface area contributed by atoms with Gasteiger partial charge in [-0.05, 0) is 42.0 Å². The topological polar surface area (TPSA) is 48.4 Å². The Morgan fingerprint density at radius 2 is 1.65 bits per heavy atom. The van der Waals surface area contributed by atoms with E-state index in [0.29, 0.717) is 30.1 Å². The number of Topliss-reactive ketones (excluding diaryl/α,β-unsaturated/α-hetero) is 1. The molecule has 0 fully saturated rings. The molecule has 0 unspecified atom stereocenters. The van der Waals surface area contributed by atoms with E-state index < -0.39 is 0 Å². The van der Waals surface area contributed by atoms with Gasteiger partial charge in [0.1, 0.15) is 24.7 Å². The first kappa shape index (κ1) is 16.1. The van der Waals surface area contributed by atoms with E-state index >= 15 is 0 Å². The first-order valence-electron chi connectivity index (χ1n) is 8.43. The third kappa shape index (κ3) is 3.35. The lowest BCUT2D eigenvalue weighted by atomic mass is 10.0. The predicted molar refractivity (Wildman–Crippen MR) is 100 cm³/mol. The van der Waals surface area contributed by atoms with Crippen LogP contribution in [-0.2, 0) is 0 Å². The number of fused-ring (bicyclic) bond motifs is 1. The molecule has 3 aromatic rings. The first-order chi connectivity index (χ1) is 12.8. The molecule has 0 saturated carbocycles. The fraction of sp³-hybridized carbons (Fsp3) is 0.0909. The summed E-state index contributed by atoms with van der Waals surface area (Å²) in [5, 5.41) is 0. The maximum Gasteiger partial charge on any atom is 0.194 e. The molecule has 0 bridgehead atoms. The van der Waals surface area contributed by atoms with E-state index in [1.807, 2.05) is 60.7 Å². The minimum absolute atomic E-state index is 0.000939. The molecule has 4 rings (SSSR count). The van der Waals surface area contributed by atoms with Crippen LogP contribution in [0.3, 0.4) is 0 Å². The predicted octanol–water partition coefficient (Wildman–Crippen LogP) is 4.28. The molecule has 0 N–H and O–H groups in total. The van der Waals surface area contributed by atoms with Gasteiger partial charge in [0.05, 0.1) is 0 Å². The molecule has 128 valence electrons. The highest BCUT2D eigenvalue weighted by Crippen LogP contribution is 2.33. The zero-order chi connectivity index (χ0) is 17.8. The van der Waals surface area contributed by atoms with Crippen molar-refractivity contribution in [1.29, 1.82) is 0 Å². The van der Waals surface area contributed by atoms with Crippen LogP contribution >= 0.6 is 0 Å². The summed E-state index contributed by atoms with van der Waals surface area (Å²) in [7, 11) is 0. The van der Waals surface area contributed by atoms with E-state index in [4.69, 9.17) is 9.47 Å². The van der Waals surface area contributed by atoms with E-state index in [0.717, 1.165) is 16.9 Å². The van der Waals surface area contributed by atoms with Crippen molar-refractivity contribution < 1.29 is 14.3 Å². The summed E-state index contributed by atoms with van der Waals surface area (Å²) in [5.41, 5.74) is 3.05. The van der Waals surface area contributed by atoms with Crippen molar-refractivity contribution in [3.63, 3.8) is 0 Å². The van der Waals surface area contributed by atoms with Gasteiger partial charge in [-0.1, -0.05) is 30.3 Å². The summed E-state index contributed by atoms with van der Waals surface area (Å²) >= 11 is 0. The minimum Gasteiger partial charge on any atom is -0.490 e. The molecule has 4 heteroatoms. The Bertz CT molecular complexity index is 950.